The zero-order chi connectivity index (χ0) is 35.8. The molecule has 1 aliphatic heterocycles. The molecule has 0 saturated carbocycles. The highest BCUT2D eigenvalue weighted by Gasteiger charge is 2.46. The van der Waals surface area contributed by atoms with Crippen molar-refractivity contribution < 1.29 is 13.8 Å². The van der Waals surface area contributed by atoms with E-state index in [1.54, 1.807) is 13.1 Å². The molecule has 3 aromatic rings. The van der Waals surface area contributed by atoms with Crippen molar-refractivity contribution in [3.63, 3.8) is 0 Å². The number of nitrogens with one attached hydrogen (secondary N) is 2. The van der Waals surface area contributed by atoms with E-state index in [0.717, 1.165) is 23.1 Å². The Bertz CT molecular complexity index is 1730. The summed E-state index contributed by atoms with van der Waals surface area (Å²) < 4.78 is 23.3. The molecule has 2 aliphatic rings. The second kappa shape index (κ2) is 17.0. The maximum atomic E-state index is 13.2. The number of nitrogens with zero attached hydrogens (tertiary/aromatic N) is 3. The van der Waals surface area contributed by atoms with Gasteiger partial charge in [0, 0.05) is 36.3 Å². The summed E-state index contributed by atoms with van der Waals surface area (Å²) in [6.45, 7) is 12.7. The average Bonchev–Trinajstić information content (AvgIpc) is 3.50. The number of aryl methyl sites for hydroxylation is 1. The van der Waals surface area contributed by atoms with Crippen LogP contribution in [-0.4, -0.2) is 51.7 Å². The van der Waals surface area contributed by atoms with E-state index in [0.29, 0.717) is 17.9 Å². The van der Waals surface area contributed by atoms with Crippen molar-refractivity contribution in [3.8, 4) is 6.07 Å². The lowest BCUT2D eigenvalue weighted by atomic mass is 9.73. The maximum Gasteiger partial charge on any atom is 0.330 e. The number of hydrogen-bond acceptors (Lipinski definition) is 8. The molecular formula is C39H50N5O5P. The van der Waals surface area contributed by atoms with Crippen molar-refractivity contribution in [2.45, 2.75) is 96.8 Å². The molecule has 266 valence electrons. The molecule has 2 heterocycles. The van der Waals surface area contributed by atoms with Crippen LogP contribution < -0.4 is 16.6 Å². The predicted molar refractivity (Wildman–Crippen MR) is 197 cm³/mol. The number of rotatable bonds is 15. The van der Waals surface area contributed by atoms with Crippen molar-refractivity contribution in [3.05, 3.63) is 128 Å². The number of benzene rings is 2. The summed E-state index contributed by atoms with van der Waals surface area (Å²) in [4.78, 5) is 27.9. The lowest BCUT2D eigenvalue weighted by Gasteiger charge is -2.42. The molecule has 0 amide bonds. The molecule has 10 nitrogen and oxygen atoms in total. The van der Waals surface area contributed by atoms with Crippen LogP contribution in [-0.2, 0) is 19.3 Å². The van der Waals surface area contributed by atoms with Gasteiger partial charge in [-0.1, -0.05) is 85.8 Å². The molecule has 5 atom stereocenters. The van der Waals surface area contributed by atoms with Crippen molar-refractivity contribution in [2.75, 3.05) is 13.2 Å². The number of ether oxygens (including phenoxy) is 1. The van der Waals surface area contributed by atoms with Crippen LogP contribution in [0.5, 0.6) is 0 Å². The molecule has 0 radical (unpaired) electrons. The molecular weight excluding hydrogens is 649 g/mol. The van der Waals surface area contributed by atoms with Crippen LogP contribution >= 0.6 is 8.53 Å². The Morgan fingerprint density at radius 1 is 1.06 bits per heavy atom. The van der Waals surface area contributed by atoms with E-state index in [4.69, 9.17) is 13.8 Å². The number of aromatic amines is 1. The Balaban J connectivity index is 1.59. The number of allylic oxidation sites excluding steroid dienone is 2. The Morgan fingerprint density at radius 3 is 2.26 bits per heavy atom. The first kappa shape index (κ1) is 37.6. The van der Waals surface area contributed by atoms with E-state index < -0.39 is 37.6 Å². The second-order valence-corrected chi connectivity index (χ2v) is 15.1. The summed E-state index contributed by atoms with van der Waals surface area (Å²) in [5.74, 6) is 0.420. The highest BCUT2D eigenvalue weighted by molar-refractivity contribution is 7.44. The first-order valence-corrected chi connectivity index (χ1v) is 18.6. The van der Waals surface area contributed by atoms with Crippen molar-refractivity contribution in [1.82, 2.24) is 19.5 Å². The van der Waals surface area contributed by atoms with Gasteiger partial charge >= 0.3 is 5.69 Å². The molecule has 1 saturated heterocycles. The predicted octanol–water partition coefficient (Wildman–Crippen LogP) is 6.85. The van der Waals surface area contributed by atoms with Crippen molar-refractivity contribution >= 4 is 8.53 Å². The van der Waals surface area contributed by atoms with Gasteiger partial charge in [-0.25, -0.2) is 9.46 Å². The summed E-state index contributed by atoms with van der Waals surface area (Å²) in [6.07, 6.45) is 8.78. The summed E-state index contributed by atoms with van der Waals surface area (Å²) in [7, 11) is -1.54. The second-order valence-electron chi connectivity index (χ2n) is 13.7. The smallest absolute Gasteiger partial charge is 0.330 e. The normalized spacial score (nSPS) is 21.5. The summed E-state index contributed by atoms with van der Waals surface area (Å²) >= 11 is 0. The summed E-state index contributed by atoms with van der Waals surface area (Å²) in [5.41, 5.74) is 1.99. The Labute approximate surface area is 296 Å². The third-order valence-electron chi connectivity index (χ3n) is 9.27. The molecule has 2 aromatic carbocycles. The van der Waals surface area contributed by atoms with Gasteiger partial charge in [-0.3, -0.25) is 19.7 Å². The van der Waals surface area contributed by atoms with E-state index in [2.05, 4.69) is 122 Å². The van der Waals surface area contributed by atoms with Crippen LogP contribution in [0.2, 0.25) is 0 Å². The first-order chi connectivity index (χ1) is 24.0. The van der Waals surface area contributed by atoms with Crippen molar-refractivity contribution in [2.24, 2.45) is 5.92 Å². The van der Waals surface area contributed by atoms with Crippen LogP contribution in [0.25, 0.3) is 0 Å². The van der Waals surface area contributed by atoms with Crippen LogP contribution in [0.3, 0.4) is 0 Å². The zero-order valence-electron chi connectivity index (χ0n) is 29.9. The van der Waals surface area contributed by atoms with Gasteiger partial charge in [-0.15, -0.1) is 0 Å². The van der Waals surface area contributed by atoms with Crippen LogP contribution in [0.1, 0.15) is 76.8 Å². The van der Waals surface area contributed by atoms with Gasteiger partial charge in [-0.05, 0) is 63.7 Å². The lowest BCUT2D eigenvalue weighted by molar-refractivity contribution is -0.0279. The third-order valence-corrected chi connectivity index (χ3v) is 11.3. The number of H-pyrrole nitrogens is 1. The Kier molecular flexibility index (Phi) is 12.8. The fourth-order valence-electron chi connectivity index (χ4n) is 6.87. The SMILES string of the molecule is Cc1cn([C@H]2CC(NC(C3=CCC(C)C=C3)(c3ccccc3)c3ccccc3)[C@@H](COP(OCCC#N)N(C(C)C)C(C)C)O2)c(=O)[nH]c1=O. The third kappa shape index (κ3) is 8.43. The van der Waals surface area contributed by atoms with Gasteiger partial charge < -0.3 is 13.8 Å². The van der Waals surface area contributed by atoms with Gasteiger partial charge in [0.2, 0.25) is 0 Å². The minimum absolute atomic E-state index is 0.133. The highest BCUT2D eigenvalue weighted by atomic mass is 31.2. The Hall–Kier alpha value is -3.68. The van der Waals surface area contributed by atoms with Crippen LogP contribution in [0.4, 0.5) is 0 Å². The van der Waals surface area contributed by atoms with Crippen LogP contribution in [0, 0.1) is 24.2 Å². The standard InChI is InChI=1S/C39H50N5O5P/c1-27(2)44(28(3)4)50(47-23-13-22-40)48-26-35-34(24-36(49-35)43-25-30(6)37(45)41-38(43)46)42-39(31-14-9-7-10-15-31,32-16-11-8-12-17-32)33-20-18-29(5)19-21-33/h7-12,14-18,20-21,25,27-29,34-36,42H,13,19,23-24,26H2,1-6H3,(H,41,45,46)/t29?,34?,35-,36-,50?/m1/s1. The molecule has 1 fully saturated rings. The van der Waals surface area contributed by atoms with Gasteiger partial charge in [0.25, 0.3) is 14.1 Å². The molecule has 50 heavy (non-hydrogen) atoms. The highest BCUT2D eigenvalue weighted by Crippen LogP contribution is 2.48. The molecule has 1 aliphatic carbocycles. The van der Waals surface area contributed by atoms with E-state index in [-0.39, 0.29) is 37.8 Å². The fraction of sp³-hybridized carbons (Fsp3) is 0.462. The number of hydrogen-bond donors (Lipinski definition) is 2. The molecule has 11 heteroatoms. The molecule has 2 N–H and O–H groups in total. The first-order valence-electron chi connectivity index (χ1n) is 17.5. The molecule has 5 rings (SSSR count). The molecule has 0 spiro atoms. The monoisotopic (exact) mass is 699 g/mol. The van der Waals surface area contributed by atoms with E-state index in [9.17, 15) is 14.9 Å². The Morgan fingerprint density at radius 2 is 1.70 bits per heavy atom. The van der Waals surface area contributed by atoms with Crippen molar-refractivity contribution in [1.29, 1.82) is 5.26 Å². The van der Waals surface area contributed by atoms with Crippen LogP contribution in [0.15, 0.2) is 100 Å². The topological polar surface area (TPSA) is 122 Å². The van der Waals surface area contributed by atoms with Gasteiger partial charge in [0.05, 0.1) is 37.3 Å². The quantitative estimate of drug-likeness (QED) is 0.131. The van der Waals surface area contributed by atoms with E-state index in [1.165, 1.54) is 4.57 Å². The number of nitriles is 1. The van der Waals surface area contributed by atoms with Gasteiger partial charge in [0.1, 0.15) is 6.23 Å². The lowest BCUT2D eigenvalue weighted by Crippen LogP contribution is -2.53. The minimum Gasteiger partial charge on any atom is -0.351 e. The molecule has 3 unspecified atom stereocenters. The fourth-order valence-corrected chi connectivity index (χ4v) is 8.49. The number of aromatic nitrogens is 2. The summed E-state index contributed by atoms with van der Waals surface area (Å²) in [6, 6.07) is 23.0. The summed E-state index contributed by atoms with van der Waals surface area (Å²) in [5, 5.41) is 13.3. The molecule has 0 bridgehead atoms. The van der Waals surface area contributed by atoms with E-state index >= 15 is 0 Å². The minimum atomic E-state index is -1.54. The average molecular weight is 700 g/mol. The van der Waals surface area contributed by atoms with Gasteiger partial charge in [0.15, 0.2) is 0 Å². The maximum absolute atomic E-state index is 13.2. The molecule has 1 aromatic heterocycles. The van der Waals surface area contributed by atoms with Gasteiger partial charge in [-0.2, -0.15) is 5.26 Å². The van der Waals surface area contributed by atoms with E-state index in [1.807, 2.05) is 12.1 Å². The zero-order valence-corrected chi connectivity index (χ0v) is 30.8. The largest absolute Gasteiger partial charge is 0.351 e.